The first-order valence-corrected chi connectivity index (χ1v) is 9.78. The highest BCUT2D eigenvalue weighted by molar-refractivity contribution is 8.13. The van der Waals surface area contributed by atoms with Crippen LogP contribution in [0.1, 0.15) is 27.7 Å². The van der Waals surface area contributed by atoms with E-state index in [1.165, 1.54) is 23.9 Å². The van der Waals surface area contributed by atoms with Crippen LogP contribution in [0.2, 0.25) is 0 Å². The van der Waals surface area contributed by atoms with Gasteiger partial charge in [0.05, 0.1) is 7.11 Å². The van der Waals surface area contributed by atoms with Crippen molar-refractivity contribution >= 4 is 34.8 Å². The summed E-state index contributed by atoms with van der Waals surface area (Å²) in [5.41, 5.74) is -1.32. The minimum Gasteiger partial charge on any atom is -0.467 e. The van der Waals surface area contributed by atoms with Crippen molar-refractivity contribution in [1.29, 1.82) is 0 Å². The van der Waals surface area contributed by atoms with E-state index in [-0.39, 0.29) is 11.8 Å². The molecule has 0 aromatic rings. The predicted molar refractivity (Wildman–Crippen MR) is 113 cm³/mol. The number of aliphatic hydroxyl groups is 1. The van der Waals surface area contributed by atoms with Crippen LogP contribution in [0.4, 0.5) is 0 Å². The second kappa shape index (κ2) is 10.2. The SMILES string of the molecule is CO.COC1=NC(C)(C)C(=O)N1N(C)C.CSC1=NC(C)(C)C(=O)N1N(C)C. The van der Waals surface area contributed by atoms with Crippen LogP contribution in [-0.4, -0.2) is 108 Å². The second-order valence-corrected chi connectivity index (χ2v) is 8.02. The van der Waals surface area contributed by atoms with Crippen molar-refractivity contribution in [3.63, 3.8) is 0 Å². The Morgan fingerprint density at radius 1 is 0.893 bits per heavy atom. The Morgan fingerprint density at radius 2 is 1.29 bits per heavy atom. The lowest BCUT2D eigenvalue weighted by atomic mass is 10.1. The quantitative estimate of drug-likeness (QED) is 0.697. The molecule has 28 heavy (non-hydrogen) atoms. The molecule has 0 spiro atoms. The Kier molecular flexibility index (Phi) is 9.58. The number of amidine groups is 2. The van der Waals surface area contributed by atoms with Crippen LogP contribution < -0.4 is 0 Å². The van der Waals surface area contributed by atoms with Gasteiger partial charge in [-0.05, 0) is 34.0 Å². The smallest absolute Gasteiger partial charge is 0.310 e. The highest BCUT2D eigenvalue weighted by Crippen LogP contribution is 2.26. The largest absolute Gasteiger partial charge is 0.467 e. The fourth-order valence-electron chi connectivity index (χ4n) is 2.33. The Balaban J connectivity index is 0.000000478. The van der Waals surface area contributed by atoms with Gasteiger partial charge in [-0.15, -0.1) is 0 Å². The van der Waals surface area contributed by atoms with Gasteiger partial charge >= 0.3 is 6.02 Å². The number of rotatable bonds is 2. The molecule has 2 aliphatic heterocycles. The number of hydrazine groups is 2. The first kappa shape index (κ1) is 26.3. The third kappa shape index (κ3) is 5.66. The molecule has 0 aromatic carbocycles. The average Bonchev–Trinajstić information content (AvgIpc) is 2.99. The molecule has 2 aliphatic rings. The van der Waals surface area contributed by atoms with Gasteiger partial charge in [0.2, 0.25) is 0 Å². The third-order valence-electron chi connectivity index (χ3n) is 3.71. The summed E-state index contributed by atoms with van der Waals surface area (Å²) in [5, 5.41) is 14.2. The molecule has 2 heterocycles. The van der Waals surface area contributed by atoms with Crippen molar-refractivity contribution < 1.29 is 19.4 Å². The van der Waals surface area contributed by atoms with Gasteiger partial charge in [0.25, 0.3) is 11.8 Å². The molecule has 0 saturated carbocycles. The number of carbonyl (C=O) groups is 2. The van der Waals surface area contributed by atoms with Gasteiger partial charge in [-0.25, -0.2) is 25.0 Å². The summed E-state index contributed by atoms with van der Waals surface area (Å²) < 4.78 is 5.00. The van der Waals surface area contributed by atoms with E-state index in [0.29, 0.717) is 6.02 Å². The van der Waals surface area contributed by atoms with Gasteiger partial charge in [-0.2, -0.15) is 5.01 Å². The molecule has 1 N–H and O–H groups in total. The minimum absolute atomic E-state index is 0.0295. The summed E-state index contributed by atoms with van der Waals surface area (Å²) in [7, 11) is 9.72. The number of nitrogens with zero attached hydrogens (tertiary/aromatic N) is 6. The third-order valence-corrected chi connectivity index (χ3v) is 4.34. The monoisotopic (exact) mass is 418 g/mol. The first-order chi connectivity index (χ1) is 12.8. The number of ether oxygens (including phenoxy) is 1. The van der Waals surface area contributed by atoms with E-state index in [4.69, 9.17) is 9.84 Å². The van der Waals surface area contributed by atoms with Crippen LogP contribution in [0.15, 0.2) is 9.98 Å². The number of aliphatic hydroxyl groups excluding tert-OH is 1. The minimum atomic E-state index is -0.713. The summed E-state index contributed by atoms with van der Waals surface area (Å²) in [6.45, 7) is 7.18. The van der Waals surface area contributed by atoms with Gasteiger partial charge in [0, 0.05) is 35.3 Å². The van der Waals surface area contributed by atoms with Crippen LogP contribution in [0.3, 0.4) is 0 Å². The standard InChI is InChI=1S/C8H15N3O2.C8H15N3OS.CH4O/c2*1-8(2)6(12)11(10(3)4)7(9-8)13-5;1-2/h2*1-5H3;2H,1H3. The summed E-state index contributed by atoms with van der Waals surface area (Å²) in [6.07, 6.45) is 1.92. The van der Waals surface area contributed by atoms with Crippen molar-refractivity contribution in [1.82, 2.24) is 20.0 Å². The molecule has 162 valence electrons. The molecule has 2 rings (SSSR count). The van der Waals surface area contributed by atoms with E-state index >= 15 is 0 Å². The fourth-order valence-corrected chi connectivity index (χ4v) is 3.07. The maximum atomic E-state index is 11.8. The second-order valence-electron chi connectivity index (χ2n) is 7.24. The zero-order valence-electron chi connectivity index (χ0n) is 18.8. The zero-order chi connectivity index (χ0) is 22.4. The topological polar surface area (TPSA) is 101 Å². The molecule has 11 heteroatoms. The van der Waals surface area contributed by atoms with Gasteiger partial charge in [0.15, 0.2) is 5.17 Å². The Hall–Kier alpha value is -1.69. The number of thioether (sulfide) groups is 1. The van der Waals surface area contributed by atoms with Crippen LogP contribution in [0.5, 0.6) is 0 Å². The Morgan fingerprint density at radius 3 is 1.57 bits per heavy atom. The first-order valence-electron chi connectivity index (χ1n) is 8.56. The number of hydrogen-bond acceptors (Lipinski definition) is 9. The Labute approximate surface area is 172 Å². The number of carbonyl (C=O) groups excluding carboxylic acids is 2. The van der Waals surface area contributed by atoms with E-state index in [9.17, 15) is 9.59 Å². The van der Waals surface area contributed by atoms with Crippen molar-refractivity contribution in [3.8, 4) is 0 Å². The molecule has 10 nitrogen and oxygen atoms in total. The maximum absolute atomic E-state index is 11.8. The molecular weight excluding hydrogens is 384 g/mol. The van der Waals surface area contributed by atoms with Crippen molar-refractivity contribution in [2.45, 2.75) is 38.8 Å². The summed E-state index contributed by atoms with van der Waals surface area (Å²) in [4.78, 5) is 32.0. The predicted octanol–water partition coefficient (Wildman–Crippen LogP) is 0.498. The normalized spacial score (nSPS) is 19.8. The van der Waals surface area contributed by atoms with Crippen LogP contribution >= 0.6 is 11.8 Å². The number of hydrogen-bond donors (Lipinski definition) is 1. The molecule has 0 aromatic heterocycles. The van der Waals surface area contributed by atoms with Crippen molar-refractivity contribution in [3.05, 3.63) is 0 Å². The zero-order valence-corrected chi connectivity index (χ0v) is 19.6. The highest BCUT2D eigenvalue weighted by atomic mass is 32.2. The molecule has 0 fully saturated rings. The van der Waals surface area contributed by atoms with Crippen LogP contribution in [0.25, 0.3) is 0 Å². The molecule has 0 bridgehead atoms. The van der Waals surface area contributed by atoms with Crippen LogP contribution in [0, 0.1) is 0 Å². The summed E-state index contributed by atoms with van der Waals surface area (Å²) >= 11 is 1.49. The van der Waals surface area contributed by atoms with E-state index in [0.717, 1.165) is 12.3 Å². The van der Waals surface area contributed by atoms with E-state index in [2.05, 4.69) is 9.98 Å². The van der Waals surface area contributed by atoms with E-state index < -0.39 is 11.1 Å². The fraction of sp³-hybridized carbons (Fsp3) is 0.765. The van der Waals surface area contributed by atoms with Gasteiger partial charge in [0.1, 0.15) is 11.1 Å². The Bertz CT molecular complexity index is 577. The van der Waals surface area contributed by atoms with Crippen molar-refractivity contribution in [2.75, 3.05) is 48.7 Å². The summed E-state index contributed by atoms with van der Waals surface area (Å²) in [5.74, 6) is -0.0452. The van der Waals surface area contributed by atoms with Gasteiger partial charge in [-0.1, -0.05) is 11.8 Å². The lowest BCUT2D eigenvalue weighted by Gasteiger charge is -2.25. The number of methoxy groups -OCH3 is 1. The summed E-state index contributed by atoms with van der Waals surface area (Å²) in [6, 6.07) is 0.347. The number of aliphatic imine (C=N–C) groups is 2. The van der Waals surface area contributed by atoms with Gasteiger partial charge < -0.3 is 9.84 Å². The van der Waals surface area contributed by atoms with Gasteiger partial charge in [-0.3, -0.25) is 9.59 Å². The average molecular weight is 419 g/mol. The van der Waals surface area contributed by atoms with E-state index in [1.807, 2.05) is 34.2 Å². The highest BCUT2D eigenvalue weighted by Gasteiger charge is 2.43. The molecular formula is C17H34N6O4S. The van der Waals surface area contributed by atoms with Crippen molar-refractivity contribution in [2.24, 2.45) is 9.98 Å². The number of amides is 2. The molecule has 0 unspecified atom stereocenters. The molecule has 2 amide bonds. The van der Waals surface area contributed by atoms with E-state index in [1.54, 1.807) is 43.0 Å². The molecule has 0 radical (unpaired) electrons. The maximum Gasteiger partial charge on any atom is 0.310 e. The lowest BCUT2D eigenvalue weighted by molar-refractivity contribution is -0.140. The van der Waals surface area contributed by atoms with Crippen LogP contribution in [-0.2, 0) is 14.3 Å². The lowest BCUT2D eigenvalue weighted by Crippen LogP contribution is -2.47. The molecule has 0 aliphatic carbocycles. The molecule has 0 atom stereocenters. The molecule has 0 saturated heterocycles.